The zero-order valence-electron chi connectivity index (χ0n) is 19.8. The van der Waals surface area contributed by atoms with Crippen LogP contribution in [0.3, 0.4) is 0 Å². The summed E-state index contributed by atoms with van der Waals surface area (Å²) in [6, 6.07) is 11.3. The second-order valence-corrected chi connectivity index (χ2v) is 8.83. The number of pyridine rings is 1. The summed E-state index contributed by atoms with van der Waals surface area (Å²) in [6.45, 7) is 0. The van der Waals surface area contributed by atoms with Gasteiger partial charge in [-0.2, -0.15) is 9.50 Å². The first kappa shape index (κ1) is 23.9. The van der Waals surface area contributed by atoms with Gasteiger partial charge in [-0.3, -0.25) is 0 Å². The molecule has 0 aliphatic heterocycles. The van der Waals surface area contributed by atoms with Gasteiger partial charge in [-0.25, -0.2) is 9.97 Å². The molecule has 3 aromatic heterocycles. The van der Waals surface area contributed by atoms with Crippen LogP contribution in [-0.2, 0) is 12.8 Å². The van der Waals surface area contributed by atoms with Crippen LogP contribution in [0.4, 0.5) is 11.6 Å². The van der Waals surface area contributed by atoms with E-state index in [2.05, 4.69) is 15.3 Å². The molecule has 184 valence electrons. The molecular formula is C25H23Cl2N7O2. The highest BCUT2D eigenvalue weighted by molar-refractivity contribution is 6.41. The molecule has 11 heteroatoms. The lowest BCUT2D eigenvalue weighted by atomic mass is 10.0. The topological polar surface area (TPSA) is 112 Å². The van der Waals surface area contributed by atoms with Crippen LogP contribution in [0.15, 0.2) is 42.6 Å². The number of ether oxygens (including phenoxy) is 2. The Bertz CT molecular complexity index is 1560. The van der Waals surface area contributed by atoms with Crippen molar-refractivity contribution in [3.8, 4) is 22.6 Å². The number of aryl methyl sites for hydroxylation is 2. The van der Waals surface area contributed by atoms with Crippen LogP contribution in [0.1, 0.15) is 11.4 Å². The number of benzene rings is 2. The standard InChI is InChI=1S/C25H23Cl2N7O2/c1-29-25-30-12-14-10-16(20-21(26)17(35-2)11-18(36-3)22(20)27)24-31-19(33-34(24)23(14)32-25)9-6-13-4-7-15(28)8-5-13/h4-5,7-8,10-12H,6,9,28H2,1-3H3,(H,29,30,32). The number of fused-ring (bicyclic) bond motifs is 3. The minimum absolute atomic E-state index is 0.337. The summed E-state index contributed by atoms with van der Waals surface area (Å²) in [5, 5.41) is 9.17. The van der Waals surface area contributed by atoms with E-state index in [1.807, 2.05) is 30.3 Å². The maximum Gasteiger partial charge on any atom is 0.224 e. The predicted octanol–water partition coefficient (Wildman–Crippen LogP) is 5.07. The largest absolute Gasteiger partial charge is 0.495 e. The van der Waals surface area contributed by atoms with Crippen molar-refractivity contribution in [1.29, 1.82) is 0 Å². The van der Waals surface area contributed by atoms with E-state index in [1.54, 1.807) is 23.8 Å². The highest BCUT2D eigenvalue weighted by atomic mass is 35.5. The normalized spacial score (nSPS) is 11.2. The van der Waals surface area contributed by atoms with Crippen molar-refractivity contribution in [2.75, 3.05) is 32.3 Å². The van der Waals surface area contributed by atoms with E-state index in [0.717, 1.165) is 23.1 Å². The number of anilines is 2. The van der Waals surface area contributed by atoms with Crippen molar-refractivity contribution >= 4 is 51.5 Å². The average Bonchev–Trinajstić information content (AvgIpc) is 3.33. The predicted molar refractivity (Wildman–Crippen MR) is 142 cm³/mol. The highest BCUT2D eigenvalue weighted by Crippen LogP contribution is 2.47. The van der Waals surface area contributed by atoms with Crippen LogP contribution in [0.5, 0.6) is 11.5 Å². The summed E-state index contributed by atoms with van der Waals surface area (Å²) >= 11 is 13.5. The molecule has 3 heterocycles. The third-order valence-corrected chi connectivity index (χ3v) is 6.62. The van der Waals surface area contributed by atoms with Crippen molar-refractivity contribution < 1.29 is 9.47 Å². The number of halogens is 2. The molecule has 0 aliphatic carbocycles. The van der Waals surface area contributed by atoms with Gasteiger partial charge < -0.3 is 20.5 Å². The van der Waals surface area contributed by atoms with Crippen molar-refractivity contribution in [2.24, 2.45) is 0 Å². The molecule has 5 rings (SSSR count). The van der Waals surface area contributed by atoms with Gasteiger partial charge in [0.25, 0.3) is 0 Å². The van der Waals surface area contributed by atoms with Gasteiger partial charge in [-0.1, -0.05) is 35.3 Å². The maximum atomic E-state index is 6.76. The van der Waals surface area contributed by atoms with Gasteiger partial charge in [0.15, 0.2) is 17.1 Å². The Labute approximate surface area is 217 Å². The van der Waals surface area contributed by atoms with E-state index in [4.69, 9.17) is 48.5 Å². The Morgan fingerprint density at radius 3 is 2.28 bits per heavy atom. The summed E-state index contributed by atoms with van der Waals surface area (Å²) in [5.41, 5.74) is 10.0. The van der Waals surface area contributed by atoms with Gasteiger partial charge in [0.05, 0.1) is 24.3 Å². The van der Waals surface area contributed by atoms with Gasteiger partial charge in [0.2, 0.25) is 5.95 Å². The fourth-order valence-corrected chi connectivity index (χ4v) is 4.73. The number of hydrogen-bond acceptors (Lipinski definition) is 8. The lowest BCUT2D eigenvalue weighted by Crippen LogP contribution is -2.02. The zero-order valence-corrected chi connectivity index (χ0v) is 21.4. The molecule has 0 radical (unpaired) electrons. The van der Waals surface area contributed by atoms with Crippen LogP contribution >= 0.6 is 23.2 Å². The number of nitrogens with two attached hydrogens (primary N) is 1. The molecule has 0 saturated carbocycles. The fourth-order valence-electron chi connectivity index (χ4n) is 4.02. The molecule has 0 unspecified atom stereocenters. The van der Waals surface area contributed by atoms with Crippen molar-refractivity contribution in [3.63, 3.8) is 0 Å². The number of rotatable bonds is 7. The third-order valence-electron chi connectivity index (χ3n) is 5.87. The van der Waals surface area contributed by atoms with Crippen LogP contribution in [0, 0.1) is 0 Å². The summed E-state index contributed by atoms with van der Waals surface area (Å²) in [7, 11) is 4.83. The maximum absolute atomic E-state index is 6.76. The van der Waals surface area contributed by atoms with Gasteiger partial charge in [-0.05, 0) is 30.2 Å². The second-order valence-electron chi connectivity index (χ2n) is 8.07. The molecular weight excluding hydrogens is 501 g/mol. The van der Waals surface area contributed by atoms with E-state index in [1.165, 1.54) is 14.2 Å². The molecule has 0 fully saturated rings. The Hall–Kier alpha value is -3.82. The number of methoxy groups -OCH3 is 2. The molecule has 0 atom stereocenters. The average molecular weight is 524 g/mol. The summed E-state index contributed by atoms with van der Waals surface area (Å²) < 4.78 is 12.7. The lowest BCUT2D eigenvalue weighted by molar-refractivity contribution is 0.395. The Morgan fingerprint density at radius 2 is 1.64 bits per heavy atom. The zero-order chi connectivity index (χ0) is 25.4. The first-order chi connectivity index (χ1) is 17.4. The number of aromatic nitrogens is 5. The quantitative estimate of drug-likeness (QED) is 0.284. The number of nitrogen functional groups attached to an aromatic ring is 1. The molecule has 36 heavy (non-hydrogen) atoms. The van der Waals surface area contributed by atoms with Gasteiger partial charge in [-0.15, -0.1) is 5.10 Å². The van der Waals surface area contributed by atoms with Gasteiger partial charge >= 0.3 is 0 Å². The smallest absolute Gasteiger partial charge is 0.224 e. The number of hydrogen-bond donors (Lipinski definition) is 2. The molecule has 9 nitrogen and oxygen atoms in total. The van der Waals surface area contributed by atoms with Crippen LogP contribution in [0.25, 0.3) is 27.8 Å². The number of nitrogens with one attached hydrogen (secondary N) is 1. The lowest BCUT2D eigenvalue weighted by Gasteiger charge is -2.15. The van der Waals surface area contributed by atoms with E-state index in [-0.39, 0.29) is 0 Å². The van der Waals surface area contributed by atoms with Crippen LogP contribution < -0.4 is 20.5 Å². The van der Waals surface area contributed by atoms with Gasteiger partial charge in [0.1, 0.15) is 11.5 Å². The minimum Gasteiger partial charge on any atom is -0.495 e. The first-order valence-corrected chi connectivity index (χ1v) is 11.9. The highest BCUT2D eigenvalue weighted by Gasteiger charge is 2.24. The molecule has 3 N–H and O–H groups in total. The summed E-state index contributed by atoms with van der Waals surface area (Å²) in [4.78, 5) is 13.8. The molecule has 0 spiro atoms. The SMILES string of the molecule is CNc1ncc2cc(-c3c(Cl)c(OC)cc(OC)c3Cl)c3nc(CCc4ccc(N)cc4)nn3c2n1. The van der Waals surface area contributed by atoms with Crippen LogP contribution in [-0.4, -0.2) is 45.8 Å². The molecule has 0 saturated heterocycles. The van der Waals surface area contributed by atoms with E-state index in [0.29, 0.717) is 62.2 Å². The van der Waals surface area contributed by atoms with E-state index >= 15 is 0 Å². The third kappa shape index (κ3) is 4.20. The molecule has 0 aliphatic rings. The Balaban J connectivity index is 1.73. The van der Waals surface area contributed by atoms with Gasteiger partial charge in [0, 0.05) is 47.9 Å². The fraction of sp³-hybridized carbons (Fsp3) is 0.200. The van der Waals surface area contributed by atoms with E-state index in [9.17, 15) is 0 Å². The van der Waals surface area contributed by atoms with Crippen LogP contribution in [0.2, 0.25) is 10.0 Å². The summed E-state index contributed by atoms with van der Waals surface area (Å²) in [5.74, 6) is 1.97. The minimum atomic E-state index is 0.337. The van der Waals surface area contributed by atoms with Crippen molar-refractivity contribution in [3.05, 3.63) is 64.0 Å². The molecule has 5 aromatic rings. The molecule has 0 bridgehead atoms. The molecule has 2 aromatic carbocycles. The van der Waals surface area contributed by atoms with Crippen molar-refractivity contribution in [2.45, 2.75) is 12.8 Å². The first-order valence-electron chi connectivity index (χ1n) is 11.1. The Kier molecular flexibility index (Phi) is 6.42. The molecule has 0 amide bonds. The number of nitrogens with zero attached hydrogens (tertiary/aromatic N) is 5. The monoisotopic (exact) mass is 523 g/mol. The Morgan fingerprint density at radius 1 is 0.944 bits per heavy atom. The second kappa shape index (κ2) is 9.67. The summed E-state index contributed by atoms with van der Waals surface area (Å²) in [6.07, 6.45) is 3.07. The van der Waals surface area contributed by atoms with Crippen molar-refractivity contribution in [1.82, 2.24) is 24.6 Å². The van der Waals surface area contributed by atoms with E-state index < -0.39 is 0 Å².